The van der Waals surface area contributed by atoms with E-state index in [1.54, 1.807) is 18.0 Å². The first-order chi connectivity index (χ1) is 13.7. The third kappa shape index (κ3) is 3.18. The van der Waals surface area contributed by atoms with Crippen molar-refractivity contribution >= 4 is 34.3 Å². The van der Waals surface area contributed by atoms with E-state index in [2.05, 4.69) is 20.4 Å². The van der Waals surface area contributed by atoms with Crippen LogP contribution in [0, 0.1) is 0 Å². The fraction of sp³-hybridized carbons (Fsp3) is 0.556. The van der Waals surface area contributed by atoms with Gasteiger partial charge in [0.25, 0.3) is 5.88 Å². The van der Waals surface area contributed by atoms with Gasteiger partial charge in [0, 0.05) is 26.3 Å². The van der Waals surface area contributed by atoms with Crippen LogP contribution in [0.5, 0.6) is 5.88 Å². The molecule has 1 saturated carbocycles. The number of halogens is 1. The average molecular weight is 404 g/mol. The van der Waals surface area contributed by atoms with Gasteiger partial charge in [0.05, 0.1) is 30.3 Å². The standard InChI is InChI=1S/C18H22ClN7O2/c1-27-12-5-3-11(4-6-12)26-10-14-17(24-26)28-8-2-7-25-16-13(15(19)23-25)9-20-18(21-14)22-16/h9-12H,2-8H2,1H3,(H,20,21,22). The highest BCUT2D eigenvalue weighted by Crippen LogP contribution is 2.34. The molecular weight excluding hydrogens is 382 g/mol. The van der Waals surface area contributed by atoms with Gasteiger partial charge in [-0.15, -0.1) is 5.10 Å². The minimum Gasteiger partial charge on any atom is -0.475 e. The molecule has 2 bridgehead atoms. The van der Waals surface area contributed by atoms with Crippen molar-refractivity contribution in [2.24, 2.45) is 0 Å². The molecule has 148 valence electrons. The number of aromatic nitrogens is 6. The third-order valence-corrected chi connectivity index (χ3v) is 5.77. The van der Waals surface area contributed by atoms with Gasteiger partial charge < -0.3 is 14.8 Å². The normalized spacial score (nSPS) is 22.4. The number of nitrogens with zero attached hydrogens (tertiary/aromatic N) is 6. The van der Waals surface area contributed by atoms with Gasteiger partial charge in [0.2, 0.25) is 5.95 Å². The van der Waals surface area contributed by atoms with Crippen LogP contribution < -0.4 is 10.1 Å². The van der Waals surface area contributed by atoms with Gasteiger partial charge in [-0.25, -0.2) is 9.67 Å². The van der Waals surface area contributed by atoms with Crippen LogP contribution in [0.3, 0.4) is 0 Å². The van der Waals surface area contributed by atoms with E-state index >= 15 is 0 Å². The van der Waals surface area contributed by atoms with Crippen molar-refractivity contribution < 1.29 is 9.47 Å². The lowest BCUT2D eigenvalue weighted by Gasteiger charge is -2.27. The first-order valence-electron chi connectivity index (χ1n) is 9.62. The molecule has 2 aliphatic rings. The molecule has 28 heavy (non-hydrogen) atoms. The summed E-state index contributed by atoms with van der Waals surface area (Å²) in [6.45, 7) is 1.20. The molecular formula is C18H22ClN7O2. The second kappa shape index (κ2) is 7.21. The predicted octanol–water partition coefficient (Wildman–Crippen LogP) is 3.33. The molecule has 1 N–H and O–H groups in total. The number of rotatable bonds is 2. The monoisotopic (exact) mass is 403 g/mol. The fourth-order valence-corrected chi connectivity index (χ4v) is 4.17. The maximum atomic E-state index is 6.21. The minimum absolute atomic E-state index is 0.348. The molecule has 10 heteroatoms. The summed E-state index contributed by atoms with van der Waals surface area (Å²) in [5.74, 6) is 1.05. The molecule has 1 aliphatic heterocycles. The van der Waals surface area contributed by atoms with Gasteiger partial charge in [0.1, 0.15) is 5.69 Å². The van der Waals surface area contributed by atoms with Crippen molar-refractivity contribution in [3.05, 3.63) is 17.5 Å². The van der Waals surface area contributed by atoms with Crippen molar-refractivity contribution in [1.82, 2.24) is 29.5 Å². The zero-order valence-corrected chi connectivity index (χ0v) is 16.4. The minimum atomic E-state index is 0.348. The highest BCUT2D eigenvalue weighted by molar-refractivity contribution is 6.34. The predicted molar refractivity (Wildman–Crippen MR) is 104 cm³/mol. The Labute approximate surface area is 167 Å². The van der Waals surface area contributed by atoms with Crippen LogP contribution in [0.1, 0.15) is 38.1 Å². The number of hydrogen-bond acceptors (Lipinski definition) is 7. The fourth-order valence-electron chi connectivity index (χ4n) is 3.94. The molecule has 5 rings (SSSR count). The molecule has 1 aliphatic carbocycles. The second-order valence-electron chi connectivity index (χ2n) is 7.27. The van der Waals surface area contributed by atoms with E-state index in [1.807, 2.05) is 10.9 Å². The van der Waals surface area contributed by atoms with Crippen molar-refractivity contribution in [2.75, 3.05) is 19.0 Å². The van der Waals surface area contributed by atoms with Crippen molar-refractivity contribution in [1.29, 1.82) is 0 Å². The molecule has 0 radical (unpaired) electrons. The Hall–Kier alpha value is -2.39. The average Bonchev–Trinajstić information content (AvgIpc) is 3.25. The van der Waals surface area contributed by atoms with E-state index < -0.39 is 0 Å². The Bertz CT molecular complexity index is 993. The Balaban J connectivity index is 1.46. The second-order valence-corrected chi connectivity index (χ2v) is 7.62. The highest BCUT2D eigenvalue weighted by atomic mass is 35.5. The number of ether oxygens (including phenoxy) is 2. The summed E-state index contributed by atoms with van der Waals surface area (Å²) in [6.07, 6.45) is 8.99. The first-order valence-corrected chi connectivity index (χ1v) is 10.00. The van der Waals surface area contributed by atoms with Crippen LogP contribution in [0.25, 0.3) is 11.0 Å². The van der Waals surface area contributed by atoms with Gasteiger partial charge in [-0.1, -0.05) is 11.6 Å². The lowest BCUT2D eigenvalue weighted by Crippen LogP contribution is -2.23. The Morgan fingerprint density at radius 3 is 2.93 bits per heavy atom. The SMILES string of the molecule is COC1CCC(n2cc3c(n2)OCCCn2nc(Cl)c4cnc(nc42)N3)CC1. The van der Waals surface area contributed by atoms with Crippen LogP contribution in [-0.2, 0) is 11.3 Å². The van der Waals surface area contributed by atoms with E-state index in [1.165, 1.54) is 0 Å². The molecule has 3 aromatic heterocycles. The largest absolute Gasteiger partial charge is 0.475 e. The summed E-state index contributed by atoms with van der Waals surface area (Å²) in [6, 6.07) is 0.348. The molecule has 0 saturated heterocycles. The van der Waals surface area contributed by atoms with Crippen LogP contribution >= 0.6 is 11.6 Å². The lowest BCUT2D eigenvalue weighted by atomic mass is 9.93. The molecule has 4 heterocycles. The Morgan fingerprint density at radius 1 is 1.25 bits per heavy atom. The van der Waals surface area contributed by atoms with Crippen LogP contribution in [0.4, 0.5) is 11.6 Å². The van der Waals surface area contributed by atoms with Gasteiger partial charge in [0.15, 0.2) is 10.8 Å². The number of hydrogen-bond donors (Lipinski definition) is 1. The molecule has 0 spiro atoms. The zero-order chi connectivity index (χ0) is 19.1. The summed E-state index contributed by atoms with van der Waals surface area (Å²) in [5, 5.41) is 13.5. The summed E-state index contributed by atoms with van der Waals surface area (Å²) in [7, 11) is 1.78. The molecule has 1 fully saturated rings. The van der Waals surface area contributed by atoms with Crippen LogP contribution in [0.2, 0.25) is 5.15 Å². The summed E-state index contributed by atoms with van der Waals surface area (Å²) in [4.78, 5) is 8.99. The quantitative estimate of drug-likeness (QED) is 0.701. The zero-order valence-electron chi connectivity index (χ0n) is 15.6. The van der Waals surface area contributed by atoms with Gasteiger partial charge in [-0.3, -0.25) is 4.68 Å². The van der Waals surface area contributed by atoms with Crippen molar-refractivity contribution in [2.45, 2.75) is 50.8 Å². The highest BCUT2D eigenvalue weighted by Gasteiger charge is 2.25. The number of nitrogens with one attached hydrogen (secondary N) is 1. The van der Waals surface area contributed by atoms with Crippen LogP contribution in [0.15, 0.2) is 12.4 Å². The first kappa shape index (κ1) is 17.7. The topological polar surface area (TPSA) is 91.9 Å². The summed E-state index contributed by atoms with van der Waals surface area (Å²) < 4.78 is 15.3. The number of methoxy groups -OCH3 is 1. The van der Waals surface area contributed by atoms with E-state index in [4.69, 9.17) is 26.2 Å². The third-order valence-electron chi connectivity index (χ3n) is 5.49. The van der Waals surface area contributed by atoms with Crippen LogP contribution in [-0.4, -0.2) is 49.3 Å². The maximum absolute atomic E-state index is 6.21. The van der Waals surface area contributed by atoms with E-state index in [9.17, 15) is 0 Å². The Morgan fingerprint density at radius 2 is 2.11 bits per heavy atom. The van der Waals surface area contributed by atoms with Gasteiger partial charge in [-0.05, 0) is 25.7 Å². The lowest BCUT2D eigenvalue weighted by molar-refractivity contribution is 0.0566. The molecule has 9 nitrogen and oxygen atoms in total. The van der Waals surface area contributed by atoms with Gasteiger partial charge in [-0.2, -0.15) is 10.1 Å². The van der Waals surface area contributed by atoms with Gasteiger partial charge >= 0.3 is 0 Å². The van der Waals surface area contributed by atoms with E-state index in [0.717, 1.165) is 48.8 Å². The van der Waals surface area contributed by atoms with E-state index in [0.29, 0.717) is 42.3 Å². The number of fused-ring (bicyclic) bond motifs is 2. The molecule has 0 unspecified atom stereocenters. The van der Waals surface area contributed by atoms with E-state index in [-0.39, 0.29) is 0 Å². The molecule has 0 amide bonds. The molecule has 3 aromatic rings. The van der Waals surface area contributed by atoms with Crippen molar-refractivity contribution in [3.63, 3.8) is 0 Å². The summed E-state index contributed by atoms with van der Waals surface area (Å²) >= 11 is 6.21. The molecule has 0 atom stereocenters. The summed E-state index contributed by atoms with van der Waals surface area (Å²) in [5.41, 5.74) is 1.49. The maximum Gasteiger partial charge on any atom is 0.256 e. The Kier molecular flexibility index (Phi) is 4.56. The molecule has 0 aromatic carbocycles. The number of aryl methyl sites for hydroxylation is 1. The van der Waals surface area contributed by atoms with Crippen molar-refractivity contribution in [3.8, 4) is 5.88 Å². The smallest absolute Gasteiger partial charge is 0.256 e. The number of anilines is 2.